The average molecular weight is 316 g/mol. The van der Waals surface area contributed by atoms with E-state index in [-0.39, 0.29) is 6.54 Å². The van der Waals surface area contributed by atoms with Gasteiger partial charge in [0.1, 0.15) is 5.75 Å². The molecule has 116 valence electrons. The topological polar surface area (TPSA) is 84.9 Å². The Labute approximate surface area is 128 Å². The molecule has 7 heteroatoms. The number of halogens is 1. The average Bonchev–Trinajstić information content (AvgIpc) is 2.38. The number of carbonyl (C=O) groups is 2. The summed E-state index contributed by atoms with van der Waals surface area (Å²) in [7, 11) is 1.26. The number of carboxylic acid groups (broad SMARTS) is 1. The van der Waals surface area contributed by atoms with Crippen LogP contribution in [0.3, 0.4) is 0 Å². The summed E-state index contributed by atoms with van der Waals surface area (Å²) < 4.78 is 10.3. The largest absolute Gasteiger partial charge is 0.479 e. The Hall–Kier alpha value is -1.79. The standard InChI is InChI=1S/C14H18ClNO5/c1-14(2,21-10-6-4-5-9(15)7-10)13(19)16-8-11(20-3)12(17)18/h4-7,11H,8H2,1-3H3,(H,16,19)(H,17,18). The van der Waals surface area contributed by atoms with Crippen molar-refractivity contribution in [2.75, 3.05) is 13.7 Å². The summed E-state index contributed by atoms with van der Waals surface area (Å²) in [5, 5.41) is 11.8. The fraction of sp³-hybridized carbons (Fsp3) is 0.429. The number of methoxy groups -OCH3 is 1. The van der Waals surface area contributed by atoms with Crippen molar-refractivity contribution >= 4 is 23.5 Å². The highest BCUT2D eigenvalue weighted by Gasteiger charge is 2.31. The molecular weight excluding hydrogens is 298 g/mol. The minimum atomic E-state index is -1.18. The van der Waals surface area contributed by atoms with E-state index < -0.39 is 23.6 Å². The quantitative estimate of drug-likeness (QED) is 0.800. The first-order valence-electron chi connectivity index (χ1n) is 6.24. The van der Waals surface area contributed by atoms with Gasteiger partial charge in [0.05, 0.1) is 6.54 Å². The fourth-order valence-electron chi connectivity index (χ4n) is 1.54. The summed E-state index contributed by atoms with van der Waals surface area (Å²) in [5.41, 5.74) is -1.18. The van der Waals surface area contributed by atoms with Gasteiger partial charge in [-0.05, 0) is 32.0 Å². The number of benzene rings is 1. The van der Waals surface area contributed by atoms with E-state index in [4.69, 9.17) is 26.2 Å². The van der Waals surface area contributed by atoms with Crippen molar-refractivity contribution in [1.82, 2.24) is 5.32 Å². The lowest BCUT2D eigenvalue weighted by Gasteiger charge is -2.26. The maximum atomic E-state index is 12.1. The molecule has 21 heavy (non-hydrogen) atoms. The van der Waals surface area contributed by atoms with Crippen LogP contribution in [0.1, 0.15) is 13.8 Å². The van der Waals surface area contributed by atoms with Gasteiger partial charge in [-0.3, -0.25) is 4.79 Å². The Morgan fingerprint density at radius 2 is 2.10 bits per heavy atom. The molecule has 0 aromatic heterocycles. The van der Waals surface area contributed by atoms with Crippen molar-refractivity contribution in [2.24, 2.45) is 0 Å². The van der Waals surface area contributed by atoms with Crippen LogP contribution in [0, 0.1) is 0 Å². The lowest BCUT2D eigenvalue weighted by Crippen LogP contribution is -2.49. The third-order valence-corrected chi connectivity index (χ3v) is 2.96. The molecule has 1 amide bonds. The van der Waals surface area contributed by atoms with Crippen molar-refractivity contribution in [3.05, 3.63) is 29.3 Å². The molecule has 1 aromatic carbocycles. The molecule has 6 nitrogen and oxygen atoms in total. The summed E-state index contributed by atoms with van der Waals surface area (Å²) in [6.45, 7) is 3.00. The molecular formula is C14H18ClNO5. The van der Waals surface area contributed by atoms with Gasteiger partial charge in [-0.15, -0.1) is 0 Å². The molecule has 0 saturated heterocycles. The summed E-state index contributed by atoms with van der Waals surface area (Å²) >= 11 is 5.85. The molecule has 0 fully saturated rings. The zero-order valence-corrected chi connectivity index (χ0v) is 12.8. The van der Waals surface area contributed by atoms with Crippen LogP contribution in [0.25, 0.3) is 0 Å². The predicted octanol–water partition coefficient (Wildman–Crippen LogP) is 1.71. The lowest BCUT2D eigenvalue weighted by atomic mass is 10.1. The van der Waals surface area contributed by atoms with Crippen LogP contribution >= 0.6 is 11.6 Å². The van der Waals surface area contributed by atoms with Crippen LogP contribution in [0.5, 0.6) is 5.75 Å². The van der Waals surface area contributed by atoms with Crippen molar-refractivity contribution in [3.63, 3.8) is 0 Å². The number of nitrogens with one attached hydrogen (secondary N) is 1. The Bertz CT molecular complexity index is 518. The first-order chi connectivity index (χ1) is 9.76. The van der Waals surface area contributed by atoms with Gasteiger partial charge in [0.15, 0.2) is 11.7 Å². The van der Waals surface area contributed by atoms with E-state index in [0.29, 0.717) is 10.8 Å². The van der Waals surface area contributed by atoms with Gasteiger partial charge in [0, 0.05) is 12.1 Å². The maximum Gasteiger partial charge on any atom is 0.334 e. The minimum Gasteiger partial charge on any atom is -0.479 e. The van der Waals surface area contributed by atoms with Crippen molar-refractivity contribution in [1.29, 1.82) is 0 Å². The molecule has 0 saturated carbocycles. The van der Waals surface area contributed by atoms with Gasteiger partial charge < -0.3 is 19.9 Å². The van der Waals surface area contributed by atoms with Gasteiger partial charge in [-0.2, -0.15) is 0 Å². The van der Waals surface area contributed by atoms with E-state index in [0.717, 1.165) is 0 Å². The summed E-state index contributed by atoms with van der Waals surface area (Å²) in [4.78, 5) is 22.9. The van der Waals surface area contributed by atoms with E-state index in [9.17, 15) is 9.59 Å². The molecule has 1 atom stereocenters. The number of hydrogen-bond donors (Lipinski definition) is 2. The molecule has 1 unspecified atom stereocenters. The number of ether oxygens (including phenoxy) is 2. The second-order valence-corrected chi connectivity index (χ2v) is 5.28. The minimum absolute atomic E-state index is 0.146. The van der Waals surface area contributed by atoms with Crippen molar-refractivity contribution in [2.45, 2.75) is 25.6 Å². The lowest BCUT2D eigenvalue weighted by molar-refractivity contribution is -0.148. The van der Waals surface area contributed by atoms with Crippen LogP contribution in [0.2, 0.25) is 5.02 Å². The molecule has 0 bridgehead atoms. The first kappa shape index (κ1) is 17.3. The third-order valence-electron chi connectivity index (χ3n) is 2.72. The van der Waals surface area contributed by atoms with Crippen LogP contribution in [-0.4, -0.2) is 42.3 Å². The highest BCUT2D eigenvalue weighted by atomic mass is 35.5. The first-order valence-corrected chi connectivity index (χ1v) is 6.62. The third kappa shape index (κ3) is 5.24. The second kappa shape index (κ2) is 7.28. The number of rotatable bonds is 7. The molecule has 0 radical (unpaired) electrons. The van der Waals surface area contributed by atoms with Gasteiger partial charge >= 0.3 is 5.97 Å². The summed E-state index contributed by atoms with van der Waals surface area (Å²) in [6, 6.07) is 6.66. The fourth-order valence-corrected chi connectivity index (χ4v) is 1.72. The number of carbonyl (C=O) groups excluding carboxylic acids is 1. The van der Waals surface area contributed by atoms with E-state index >= 15 is 0 Å². The molecule has 0 aliphatic rings. The molecule has 1 aromatic rings. The predicted molar refractivity (Wildman–Crippen MR) is 77.6 cm³/mol. The van der Waals surface area contributed by atoms with Gasteiger partial charge in [-0.25, -0.2) is 4.79 Å². The molecule has 0 spiro atoms. The van der Waals surface area contributed by atoms with E-state index in [1.165, 1.54) is 7.11 Å². The molecule has 0 aliphatic carbocycles. The van der Waals surface area contributed by atoms with E-state index in [1.807, 2.05) is 0 Å². The van der Waals surface area contributed by atoms with Crippen molar-refractivity contribution < 1.29 is 24.2 Å². The number of hydrogen-bond acceptors (Lipinski definition) is 4. The molecule has 2 N–H and O–H groups in total. The van der Waals surface area contributed by atoms with E-state index in [1.54, 1.807) is 38.1 Å². The van der Waals surface area contributed by atoms with Gasteiger partial charge in [0.2, 0.25) is 0 Å². The smallest absolute Gasteiger partial charge is 0.334 e. The highest BCUT2D eigenvalue weighted by Crippen LogP contribution is 2.22. The highest BCUT2D eigenvalue weighted by molar-refractivity contribution is 6.30. The summed E-state index contributed by atoms with van der Waals surface area (Å²) in [5.74, 6) is -1.15. The number of carboxylic acids is 1. The van der Waals surface area contributed by atoms with Crippen LogP contribution in [0.15, 0.2) is 24.3 Å². The summed E-state index contributed by atoms with van der Waals surface area (Å²) in [6.07, 6.45) is -1.10. The Morgan fingerprint density at radius 3 is 2.62 bits per heavy atom. The second-order valence-electron chi connectivity index (χ2n) is 4.84. The Balaban J connectivity index is 2.65. The van der Waals surface area contributed by atoms with Gasteiger partial charge in [-0.1, -0.05) is 17.7 Å². The number of aliphatic carboxylic acids is 1. The normalized spacial score (nSPS) is 12.6. The zero-order valence-electron chi connectivity index (χ0n) is 12.1. The Morgan fingerprint density at radius 1 is 1.43 bits per heavy atom. The zero-order chi connectivity index (χ0) is 16.0. The Kier molecular flexibility index (Phi) is 5.99. The SMILES string of the molecule is COC(CNC(=O)C(C)(C)Oc1cccc(Cl)c1)C(=O)O. The van der Waals surface area contributed by atoms with Crippen molar-refractivity contribution in [3.8, 4) is 5.75 Å². The molecule has 1 rings (SSSR count). The van der Waals surface area contributed by atoms with E-state index in [2.05, 4.69) is 5.32 Å². The van der Waals surface area contributed by atoms with Crippen LogP contribution in [0.4, 0.5) is 0 Å². The van der Waals surface area contributed by atoms with Crippen LogP contribution in [-0.2, 0) is 14.3 Å². The monoisotopic (exact) mass is 315 g/mol. The molecule has 0 heterocycles. The molecule has 0 aliphatic heterocycles. The van der Waals surface area contributed by atoms with Crippen LogP contribution < -0.4 is 10.1 Å². The number of amides is 1. The maximum absolute atomic E-state index is 12.1. The van der Waals surface area contributed by atoms with Gasteiger partial charge in [0.25, 0.3) is 5.91 Å².